The van der Waals surface area contributed by atoms with Crippen LogP contribution in [0, 0.1) is 17.1 Å². The number of hydrogen-bond donors (Lipinski definition) is 1. The van der Waals surface area contributed by atoms with E-state index in [4.69, 9.17) is 10.4 Å². The Morgan fingerprint density at radius 2 is 1.83 bits per heavy atom. The third kappa shape index (κ3) is 2.20. The van der Waals surface area contributed by atoms with Gasteiger partial charge in [0.05, 0.1) is 17.2 Å². The fourth-order valence-electron chi connectivity index (χ4n) is 1.61. The Morgan fingerprint density at radius 1 is 1.17 bits per heavy atom. The average molecular weight is 241 g/mol. The summed E-state index contributed by atoms with van der Waals surface area (Å²) in [6, 6.07) is 11.8. The van der Waals surface area contributed by atoms with E-state index < -0.39 is 11.8 Å². The molecule has 0 saturated heterocycles. The van der Waals surface area contributed by atoms with E-state index in [0.29, 0.717) is 11.1 Å². The Labute approximate surface area is 103 Å². The highest BCUT2D eigenvalue weighted by Gasteiger charge is 2.08. The van der Waals surface area contributed by atoms with Crippen molar-refractivity contribution in [2.45, 2.75) is 0 Å². The van der Waals surface area contributed by atoms with E-state index in [1.54, 1.807) is 0 Å². The summed E-state index contributed by atoms with van der Waals surface area (Å²) in [5.41, 5.74) is 1.31. The largest absolute Gasteiger partial charge is 0.478 e. The zero-order valence-corrected chi connectivity index (χ0v) is 9.22. The van der Waals surface area contributed by atoms with Gasteiger partial charge in [0.25, 0.3) is 0 Å². The minimum Gasteiger partial charge on any atom is -0.478 e. The van der Waals surface area contributed by atoms with E-state index in [9.17, 15) is 9.18 Å². The number of nitrogens with zero attached hydrogens (tertiary/aromatic N) is 1. The Kier molecular flexibility index (Phi) is 3.07. The molecule has 88 valence electrons. The lowest BCUT2D eigenvalue weighted by atomic mass is 10.0. The van der Waals surface area contributed by atoms with Gasteiger partial charge in [-0.3, -0.25) is 0 Å². The van der Waals surface area contributed by atoms with Crippen LogP contribution in [0.1, 0.15) is 15.9 Å². The van der Waals surface area contributed by atoms with E-state index in [2.05, 4.69) is 0 Å². The Hall–Kier alpha value is -2.67. The predicted molar refractivity (Wildman–Crippen MR) is 63.5 cm³/mol. The summed E-state index contributed by atoms with van der Waals surface area (Å²) >= 11 is 0. The van der Waals surface area contributed by atoms with Gasteiger partial charge in [0, 0.05) is 5.56 Å². The standard InChI is InChI=1S/C14H8FNO2/c15-13-6-1-9(8-16)7-12(13)10-2-4-11(5-3-10)14(17)18/h1-7H,(H,17,18). The predicted octanol–water partition coefficient (Wildman–Crippen LogP) is 3.06. The molecule has 0 aliphatic rings. The Morgan fingerprint density at radius 3 is 2.39 bits per heavy atom. The second-order valence-electron chi connectivity index (χ2n) is 3.69. The summed E-state index contributed by atoms with van der Waals surface area (Å²) in [4.78, 5) is 10.7. The minimum absolute atomic E-state index is 0.135. The van der Waals surface area contributed by atoms with E-state index >= 15 is 0 Å². The van der Waals surface area contributed by atoms with Gasteiger partial charge in [-0.05, 0) is 35.9 Å². The van der Waals surface area contributed by atoms with Crippen LogP contribution in [0.4, 0.5) is 4.39 Å². The number of hydrogen-bond acceptors (Lipinski definition) is 2. The highest BCUT2D eigenvalue weighted by atomic mass is 19.1. The first kappa shape index (κ1) is 11.8. The molecule has 0 unspecified atom stereocenters. The fraction of sp³-hybridized carbons (Fsp3) is 0. The molecule has 2 rings (SSSR count). The van der Waals surface area contributed by atoms with Crippen LogP contribution in [-0.2, 0) is 0 Å². The van der Waals surface area contributed by atoms with Crippen LogP contribution >= 0.6 is 0 Å². The van der Waals surface area contributed by atoms with Crippen LogP contribution in [0.3, 0.4) is 0 Å². The molecule has 0 aliphatic heterocycles. The zero-order valence-electron chi connectivity index (χ0n) is 9.22. The summed E-state index contributed by atoms with van der Waals surface area (Å²) in [5, 5.41) is 17.5. The van der Waals surface area contributed by atoms with Crippen LogP contribution in [0.2, 0.25) is 0 Å². The molecule has 3 nitrogen and oxygen atoms in total. The number of halogens is 1. The number of aromatic carboxylic acids is 1. The highest BCUT2D eigenvalue weighted by Crippen LogP contribution is 2.24. The van der Waals surface area contributed by atoms with Gasteiger partial charge in [0.15, 0.2) is 0 Å². The molecule has 0 radical (unpaired) electrons. The zero-order chi connectivity index (χ0) is 13.1. The Bertz CT molecular complexity index is 642. The minimum atomic E-state index is -1.03. The van der Waals surface area contributed by atoms with Crippen molar-refractivity contribution in [3.63, 3.8) is 0 Å². The van der Waals surface area contributed by atoms with E-state index in [1.165, 1.54) is 42.5 Å². The van der Waals surface area contributed by atoms with Crippen LogP contribution < -0.4 is 0 Å². The Balaban J connectivity index is 2.49. The van der Waals surface area contributed by atoms with Crippen molar-refractivity contribution in [1.82, 2.24) is 0 Å². The fourth-order valence-corrected chi connectivity index (χ4v) is 1.61. The van der Waals surface area contributed by atoms with Crippen molar-refractivity contribution in [1.29, 1.82) is 5.26 Å². The lowest BCUT2D eigenvalue weighted by Crippen LogP contribution is -1.95. The number of benzene rings is 2. The molecule has 0 heterocycles. The van der Waals surface area contributed by atoms with Crippen LogP contribution in [0.15, 0.2) is 42.5 Å². The molecule has 0 amide bonds. The van der Waals surface area contributed by atoms with Gasteiger partial charge in [-0.15, -0.1) is 0 Å². The molecule has 1 N–H and O–H groups in total. The van der Waals surface area contributed by atoms with Gasteiger partial charge in [0.2, 0.25) is 0 Å². The van der Waals surface area contributed by atoms with E-state index in [1.807, 2.05) is 6.07 Å². The van der Waals surface area contributed by atoms with Crippen molar-refractivity contribution >= 4 is 5.97 Å². The summed E-state index contributed by atoms with van der Waals surface area (Å²) in [5.74, 6) is -1.48. The van der Waals surface area contributed by atoms with Gasteiger partial charge < -0.3 is 5.11 Å². The molecule has 0 aliphatic carbocycles. The molecule has 0 atom stereocenters. The van der Waals surface area contributed by atoms with E-state index in [-0.39, 0.29) is 11.1 Å². The third-order valence-electron chi connectivity index (χ3n) is 2.54. The molecule has 4 heteroatoms. The monoisotopic (exact) mass is 241 g/mol. The average Bonchev–Trinajstić information content (AvgIpc) is 2.39. The van der Waals surface area contributed by atoms with Crippen molar-refractivity contribution in [3.8, 4) is 17.2 Å². The van der Waals surface area contributed by atoms with Crippen molar-refractivity contribution in [2.24, 2.45) is 0 Å². The number of nitriles is 1. The summed E-state index contributed by atoms with van der Waals surface area (Å²) in [6.45, 7) is 0. The van der Waals surface area contributed by atoms with Gasteiger partial charge in [0.1, 0.15) is 5.82 Å². The first-order chi connectivity index (χ1) is 8.61. The summed E-state index contributed by atoms with van der Waals surface area (Å²) < 4.78 is 13.6. The third-order valence-corrected chi connectivity index (χ3v) is 2.54. The topological polar surface area (TPSA) is 61.1 Å². The number of carboxylic acid groups (broad SMARTS) is 1. The second-order valence-corrected chi connectivity index (χ2v) is 3.69. The molecule has 2 aromatic rings. The normalized spacial score (nSPS) is 9.78. The van der Waals surface area contributed by atoms with E-state index in [0.717, 1.165) is 0 Å². The molecule has 0 bridgehead atoms. The molecule has 0 spiro atoms. The van der Waals surface area contributed by atoms with Crippen LogP contribution in [0.5, 0.6) is 0 Å². The molecule has 0 fully saturated rings. The molecule has 0 aromatic heterocycles. The first-order valence-corrected chi connectivity index (χ1v) is 5.15. The van der Waals surface area contributed by atoms with Gasteiger partial charge in [-0.25, -0.2) is 9.18 Å². The molecular formula is C14H8FNO2. The lowest BCUT2D eigenvalue weighted by molar-refractivity contribution is 0.0697. The van der Waals surface area contributed by atoms with Crippen LogP contribution in [0.25, 0.3) is 11.1 Å². The molecule has 2 aromatic carbocycles. The maximum absolute atomic E-state index is 13.6. The van der Waals surface area contributed by atoms with Crippen molar-refractivity contribution in [3.05, 3.63) is 59.4 Å². The van der Waals surface area contributed by atoms with Gasteiger partial charge in [-0.2, -0.15) is 5.26 Å². The smallest absolute Gasteiger partial charge is 0.335 e. The van der Waals surface area contributed by atoms with Gasteiger partial charge >= 0.3 is 5.97 Å². The molecule has 18 heavy (non-hydrogen) atoms. The quantitative estimate of drug-likeness (QED) is 0.878. The van der Waals surface area contributed by atoms with Crippen molar-refractivity contribution < 1.29 is 14.3 Å². The van der Waals surface area contributed by atoms with Crippen molar-refractivity contribution in [2.75, 3.05) is 0 Å². The molecular weight excluding hydrogens is 233 g/mol. The summed E-state index contributed by atoms with van der Waals surface area (Å²) in [7, 11) is 0. The lowest BCUT2D eigenvalue weighted by Gasteiger charge is -2.04. The van der Waals surface area contributed by atoms with Gasteiger partial charge in [-0.1, -0.05) is 12.1 Å². The number of carboxylic acids is 1. The second kappa shape index (κ2) is 4.68. The SMILES string of the molecule is N#Cc1ccc(F)c(-c2ccc(C(=O)O)cc2)c1. The van der Waals surface area contributed by atoms with Crippen LogP contribution in [-0.4, -0.2) is 11.1 Å². The highest BCUT2D eigenvalue weighted by molar-refractivity contribution is 5.88. The number of rotatable bonds is 2. The number of carbonyl (C=O) groups is 1. The maximum atomic E-state index is 13.6. The molecule has 0 saturated carbocycles. The maximum Gasteiger partial charge on any atom is 0.335 e. The summed E-state index contributed by atoms with van der Waals surface area (Å²) in [6.07, 6.45) is 0. The first-order valence-electron chi connectivity index (χ1n) is 5.15.